The highest BCUT2D eigenvalue weighted by atomic mass is 35.5. The SMILES string of the molecule is CCOC(=O)c1nn(-c2ncccc2Cl)cc1C(C)=O. The summed E-state index contributed by atoms with van der Waals surface area (Å²) in [6, 6.07) is 3.32. The lowest BCUT2D eigenvalue weighted by molar-refractivity contribution is 0.0516. The molecule has 0 unspecified atom stereocenters. The molecule has 0 bridgehead atoms. The van der Waals surface area contributed by atoms with E-state index in [2.05, 4.69) is 10.1 Å². The molecule has 0 saturated heterocycles. The largest absolute Gasteiger partial charge is 0.461 e. The van der Waals surface area contributed by atoms with Crippen LogP contribution in [0.4, 0.5) is 0 Å². The van der Waals surface area contributed by atoms with Gasteiger partial charge in [0.25, 0.3) is 0 Å². The van der Waals surface area contributed by atoms with Gasteiger partial charge in [-0.05, 0) is 26.0 Å². The van der Waals surface area contributed by atoms with Gasteiger partial charge in [0, 0.05) is 12.4 Å². The van der Waals surface area contributed by atoms with Gasteiger partial charge >= 0.3 is 5.97 Å². The second-order valence-electron chi connectivity index (χ2n) is 3.92. The van der Waals surface area contributed by atoms with E-state index < -0.39 is 5.97 Å². The molecule has 0 aliphatic rings. The topological polar surface area (TPSA) is 74.1 Å². The number of pyridine rings is 1. The Balaban J connectivity index is 2.53. The third kappa shape index (κ3) is 2.70. The molecule has 104 valence electrons. The van der Waals surface area contributed by atoms with Crippen molar-refractivity contribution in [2.24, 2.45) is 0 Å². The summed E-state index contributed by atoms with van der Waals surface area (Å²) in [6.45, 7) is 3.23. The number of halogens is 1. The fourth-order valence-corrected chi connectivity index (χ4v) is 1.84. The molecule has 0 aliphatic carbocycles. The Labute approximate surface area is 120 Å². The van der Waals surface area contributed by atoms with Crippen molar-refractivity contribution in [3.05, 3.63) is 40.8 Å². The maximum Gasteiger partial charge on any atom is 0.359 e. The monoisotopic (exact) mass is 293 g/mol. The summed E-state index contributed by atoms with van der Waals surface area (Å²) in [5, 5.41) is 4.42. The molecule has 0 atom stereocenters. The minimum absolute atomic E-state index is 0.0407. The van der Waals surface area contributed by atoms with E-state index in [9.17, 15) is 9.59 Å². The van der Waals surface area contributed by atoms with E-state index in [-0.39, 0.29) is 23.6 Å². The first-order valence-electron chi connectivity index (χ1n) is 5.93. The molecule has 6 nitrogen and oxygen atoms in total. The molecule has 0 spiro atoms. The normalized spacial score (nSPS) is 10.3. The Morgan fingerprint density at radius 3 is 2.80 bits per heavy atom. The van der Waals surface area contributed by atoms with Gasteiger partial charge in [0.1, 0.15) is 0 Å². The maximum absolute atomic E-state index is 11.8. The maximum atomic E-state index is 11.8. The van der Waals surface area contributed by atoms with Crippen LogP contribution < -0.4 is 0 Å². The Bertz CT molecular complexity index is 667. The number of carbonyl (C=O) groups excluding carboxylic acids is 2. The fraction of sp³-hybridized carbons (Fsp3) is 0.231. The smallest absolute Gasteiger partial charge is 0.359 e. The number of rotatable bonds is 4. The fourth-order valence-electron chi connectivity index (χ4n) is 1.64. The van der Waals surface area contributed by atoms with Crippen LogP contribution in [0, 0.1) is 0 Å². The summed E-state index contributed by atoms with van der Waals surface area (Å²) >= 11 is 6.02. The molecular weight excluding hydrogens is 282 g/mol. The van der Waals surface area contributed by atoms with E-state index in [4.69, 9.17) is 16.3 Å². The second-order valence-corrected chi connectivity index (χ2v) is 4.33. The van der Waals surface area contributed by atoms with Crippen molar-refractivity contribution in [2.75, 3.05) is 6.61 Å². The van der Waals surface area contributed by atoms with E-state index in [1.165, 1.54) is 17.8 Å². The number of Topliss-reactive ketones (excluding diaryl/α,β-unsaturated/α-hetero) is 1. The lowest BCUT2D eigenvalue weighted by atomic mass is 10.2. The molecule has 0 N–H and O–H groups in total. The number of carbonyl (C=O) groups is 2. The first-order chi connectivity index (χ1) is 9.54. The zero-order valence-corrected chi connectivity index (χ0v) is 11.7. The highest BCUT2D eigenvalue weighted by Gasteiger charge is 2.22. The Kier molecular flexibility index (Phi) is 4.14. The van der Waals surface area contributed by atoms with Gasteiger partial charge in [-0.25, -0.2) is 14.5 Å². The van der Waals surface area contributed by atoms with Gasteiger partial charge in [0.15, 0.2) is 17.3 Å². The molecule has 0 amide bonds. The lowest BCUT2D eigenvalue weighted by Crippen LogP contribution is -2.10. The van der Waals surface area contributed by atoms with Crippen LogP contribution in [0.15, 0.2) is 24.5 Å². The average Bonchev–Trinajstić information content (AvgIpc) is 2.84. The number of esters is 1. The highest BCUT2D eigenvalue weighted by molar-refractivity contribution is 6.32. The van der Waals surface area contributed by atoms with Crippen molar-refractivity contribution in [3.8, 4) is 5.82 Å². The van der Waals surface area contributed by atoms with Gasteiger partial charge in [-0.1, -0.05) is 11.6 Å². The van der Waals surface area contributed by atoms with Crippen molar-refractivity contribution in [1.29, 1.82) is 0 Å². The Hall–Kier alpha value is -2.21. The van der Waals surface area contributed by atoms with Crippen LogP contribution in [0.5, 0.6) is 0 Å². The molecule has 20 heavy (non-hydrogen) atoms. The molecule has 0 fully saturated rings. The van der Waals surface area contributed by atoms with E-state index in [1.807, 2.05) is 0 Å². The van der Waals surface area contributed by atoms with Crippen LogP contribution >= 0.6 is 11.6 Å². The second kappa shape index (κ2) is 5.83. The van der Waals surface area contributed by atoms with Crippen molar-refractivity contribution in [1.82, 2.24) is 14.8 Å². The van der Waals surface area contributed by atoms with E-state index >= 15 is 0 Å². The number of hydrogen-bond acceptors (Lipinski definition) is 5. The zero-order valence-electron chi connectivity index (χ0n) is 11.0. The summed E-state index contributed by atoms with van der Waals surface area (Å²) in [7, 11) is 0. The van der Waals surface area contributed by atoms with Crippen LogP contribution in [0.3, 0.4) is 0 Å². The molecular formula is C13H12ClN3O3. The van der Waals surface area contributed by atoms with Crippen molar-refractivity contribution >= 4 is 23.4 Å². The number of ketones is 1. The summed E-state index contributed by atoms with van der Waals surface area (Å²) in [6.07, 6.45) is 2.96. The predicted molar refractivity (Wildman–Crippen MR) is 72.3 cm³/mol. The zero-order chi connectivity index (χ0) is 14.7. The number of aromatic nitrogens is 3. The third-order valence-corrected chi connectivity index (χ3v) is 2.81. The molecule has 7 heteroatoms. The van der Waals surface area contributed by atoms with Crippen LogP contribution in [0.2, 0.25) is 5.02 Å². The predicted octanol–water partition coefficient (Wildman–Crippen LogP) is 2.30. The average molecular weight is 294 g/mol. The standard InChI is InChI=1S/C13H12ClN3O3/c1-3-20-13(19)11-9(8(2)18)7-17(16-11)12-10(14)5-4-6-15-12/h4-7H,3H2,1-2H3. The number of ether oxygens (including phenoxy) is 1. The molecule has 0 radical (unpaired) electrons. The number of nitrogens with zero attached hydrogens (tertiary/aromatic N) is 3. The summed E-state index contributed by atoms with van der Waals surface area (Å²) in [5.41, 5.74) is 0.131. The Morgan fingerprint density at radius 2 is 2.20 bits per heavy atom. The minimum atomic E-state index is -0.650. The van der Waals surface area contributed by atoms with Crippen LogP contribution in [-0.4, -0.2) is 33.1 Å². The van der Waals surface area contributed by atoms with Gasteiger partial charge in [0.2, 0.25) is 0 Å². The summed E-state index contributed by atoms with van der Waals surface area (Å²) in [4.78, 5) is 27.5. The number of hydrogen-bond donors (Lipinski definition) is 0. The molecule has 2 heterocycles. The Morgan fingerprint density at radius 1 is 1.45 bits per heavy atom. The summed E-state index contributed by atoms with van der Waals surface area (Å²) < 4.78 is 6.17. The molecule has 0 aliphatic heterocycles. The molecule has 2 aromatic rings. The van der Waals surface area contributed by atoms with Gasteiger partial charge in [0.05, 0.1) is 17.2 Å². The van der Waals surface area contributed by atoms with Crippen LogP contribution in [0.25, 0.3) is 5.82 Å². The molecule has 2 rings (SSSR count). The molecule has 0 aromatic carbocycles. The minimum Gasteiger partial charge on any atom is -0.461 e. The molecule has 2 aromatic heterocycles. The van der Waals surface area contributed by atoms with Gasteiger partial charge in [-0.2, -0.15) is 5.10 Å². The van der Waals surface area contributed by atoms with E-state index in [0.29, 0.717) is 10.8 Å². The highest BCUT2D eigenvalue weighted by Crippen LogP contribution is 2.19. The molecule has 0 saturated carbocycles. The summed E-state index contributed by atoms with van der Waals surface area (Å²) in [5.74, 6) is -0.595. The van der Waals surface area contributed by atoms with Crippen LogP contribution in [0.1, 0.15) is 34.7 Å². The van der Waals surface area contributed by atoms with Crippen molar-refractivity contribution < 1.29 is 14.3 Å². The van der Waals surface area contributed by atoms with Crippen molar-refractivity contribution in [3.63, 3.8) is 0 Å². The first-order valence-corrected chi connectivity index (χ1v) is 6.31. The quantitative estimate of drug-likeness (QED) is 0.639. The van der Waals surface area contributed by atoms with Crippen molar-refractivity contribution in [2.45, 2.75) is 13.8 Å². The first kappa shape index (κ1) is 14.2. The van der Waals surface area contributed by atoms with Gasteiger partial charge < -0.3 is 4.74 Å². The van der Waals surface area contributed by atoms with Gasteiger partial charge in [-0.3, -0.25) is 4.79 Å². The van der Waals surface area contributed by atoms with Crippen LogP contribution in [-0.2, 0) is 4.74 Å². The van der Waals surface area contributed by atoms with E-state index in [1.54, 1.807) is 25.3 Å². The third-order valence-electron chi connectivity index (χ3n) is 2.52. The van der Waals surface area contributed by atoms with Gasteiger partial charge in [-0.15, -0.1) is 0 Å². The lowest BCUT2D eigenvalue weighted by Gasteiger charge is -2.01. The van der Waals surface area contributed by atoms with E-state index in [0.717, 1.165) is 0 Å².